The molecule has 2 aromatic carbocycles. The predicted molar refractivity (Wildman–Crippen MR) is 81.6 cm³/mol. The van der Waals surface area contributed by atoms with Crippen molar-refractivity contribution in [1.29, 1.82) is 0 Å². The zero-order valence-electron chi connectivity index (χ0n) is 10.2. The van der Waals surface area contributed by atoms with Crippen molar-refractivity contribution in [3.63, 3.8) is 0 Å². The maximum atomic E-state index is 6.11. The fraction of sp³-hybridized carbons (Fsp3) is 0.200. The van der Waals surface area contributed by atoms with Crippen LogP contribution in [0.3, 0.4) is 0 Å². The molecule has 0 saturated heterocycles. The third-order valence-electron chi connectivity index (χ3n) is 2.71. The molecular weight excluding hydrogens is 303 g/mol. The van der Waals surface area contributed by atoms with E-state index in [1.165, 1.54) is 0 Å². The van der Waals surface area contributed by atoms with Crippen LogP contribution in [0.4, 0.5) is 0 Å². The lowest BCUT2D eigenvalue weighted by Crippen LogP contribution is -2.08. The van der Waals surface area contributed by atoms with Crippen LogP contribution < -0.4 is 4.74 Å². The summed E-state index contributed by atoms with van der Waals surface area (Å²) in [5.41, 5.74) is 1.07. The lowest BCUT2D eigenvalue weighted by Gasteiger charge is -2.19. The molecule has 0 spiro atoms. The molecule has 0 saturated carbocycles. The van der Waals surface area contributed by atoms with Gasteiger partial charge in [-0.05, 0) is 17.7 Å². The molecule has 0 radical (unpaired) electrons. The number of hydrogen-bond donors (Lipinski definition) is 0. The standard InChI is InChI=1S/C15H13Cl3O/c16-9-8-14(11-4-2-1-3-5-11)19-15-10-12(17)6-7-13(15)18/h1-7,10,14H,8-9H2/t14-/m1/s1. The van der Waals surface area contributed by atoms with Crippen LogP contribution in [0.15, 0.2) is 48.5 Å². The van der Waals surface area contributed by atoms with Crippen molar-refractivity contribution in [3.8, 4) is 5.75 Å². The molecule has 1 nitrogen and oxygen atoms in total. The molecule has 0 aromatic heterocycles. The van der Waals surface area contributed by atoms with Gasteiger partial charge in [0.05, 0.1) is 5.02 Å². The van der Waals surface area contributed by atoms with Gasteiger partial charge in [-0.25, -0.2) is 0 Å². The minimum absolute atomic E-state index is 0.130. The van der Waals surface area contributed by atoms with Crippen molar-refractivity contribution >= 4 is 34.8 Å². The van der Waals surface area contributed by atoms with E-state index in [0.29, 0.717) is 28.1 Å². The molecule has 4 heteroatoms. The first-order valence-corrected chi connectivity index (χ1v) is 7.22. The van der Waals surface area contributed by atoms with E-state index in [-0.39, 0.29) is 6.10 Å². The van der Waals surface area contributed by atoms with Crippen LogP contribution in [0.1, 0.15) is 18.1 Å². The Hall–Kier alpha value is -0.890. The fourth-order valence-electron chi connectivity index (χ4n) is 1.78. The number of halogens is 3. The number of alkyl halides is 1. The largest absolute Gasteiger partial charge is 0.484 e. The average Bonchev–Trinajstić information content (AvgIpc) is 2.43. The molecule has 1 atom stereocenters. The van der Waals surface area contributed by atoms with E-state index in [0.717, 1.165) is 5.56 Å². The van der Waals surface area contributed by atoms with Crippen LogP contribution >= 0.6 is 34.8 Å². The lowest BCUT2D eigenvalue weighted by atomic mass is 10.1. The van der Waals surface area contributed by atoms with Crippen molar-refractivity contribution < 1.29 is 4.74 Å². The lowest BCUT2D eigenvalue weighted by molar-refractivity contribution is 0.202. The van der Waals surface area contributed by atoms with Gasteiger partial charge in [-0.3, -0.25) is 0 Å². The molecule has 0 N–H and O–H groups in total. The second-order valence-electron chi connectivity index (χ2n) is 4.07. The molecule has 0 fully saturated rings. The van der Waals surface area contributed by atoms with Crippen LogP contribution in [-0.4, -0.2) is 5.88 Å². The summed E-state index contributed by atoms with van der Waals surface area (Å²) < 4.78 is 5.95. The molecule has 0 aliphatic carbocycles. The molecule has 0 amide bonds. The summed E-state index contributed by atoms with van der Waals surface area (Å²) in [4.78, 5) is 0. The van der Waals surface area contributed by atoms with Crippen LogP contribution in [0.25, 0.3) is 0 Å². The number of ether oxygens (including phenoxy) is 1. The van der Waals surface area contributed by atoms with Crippen molar-refractivity contribution in [1.82, 2.24) is 0 Å². The molecule has 100 valence electrons. The van der Waals surface area contributed by atoms with Gasteiger partial charge in [0, 0.05) is 23.4 Å². The highest BCUT2D eigenvalue weighted by atomic mass is 35.5. The Kier molecular flexibility index (Phi) is 5.38. The van der Waals surface area contributed by atoms with Crippen LogP contribution in [0, 0.1) is 0 Å². The fourth-order valence-corrected chi connectivity index (χ4v) is 2.30. The third kappa shape index (κ3) is 4.04. The summed E-state index contributed by atoms with van der Waals surface area (Å²) in [5.74, 6) is 1.09. The summed E-state index contributed by atoms with van der Waals surface area (Å²) in [6.07, 6.45) is 0.573. The number of benzene rings is 2. The molecule has 0 aliphatic rings. The highest BCUT2D eigenvalue weighted by molar-refractivity contribution is 6.34. The Morgan fingerprint density at radius 1 is 1.00 bits per heavy atom. The summed E-state index contributed by atoms with van der Waals surface area (Å²) in [6.45, 7) is 0. The Morgan fingerprint density at radius 3 is 2.42 bits per heavy atom. The van der Waals surface area contributed by atoms with Crippen molar-refractivity contribution in [2.45, 2.75) is 12.5 Å². The second kappa shape index (κ2) is 7.04. The normalized spacial score (nSPS) is 12.2. The van der Waals surface area contributed by atoms with E-state index in [1.807, 2.05) is 30.3 Å². The Balaban J connectivity index is 2.24. The predicted octanol–water partition coefficient (Wildman–Crippen LogP) is 5.74. The van der Waals surface area contributed by atoms with Crippen molar-refractivity contribution in [2.75, 3.05) is 5.88 Å². The van der Waals surface area contributed by atoms with E-state index in [4.69, 9.17) is 39.5 Å². The van der Waals surface area contributed by atoms with Gasteiger partial charge >= 0.3 is 0 Å². The monoisotopic (exact) mass is 314 g/mol. The molecule has 0 bridgehead atoms. The van der Waals surface area contributed by atoms with E-state index in [1.54, 1.807) is 18.2 Å². The first-order chi connectivity index (χ1) is 9.20. The van der Waals surface area contributed by atoms with Gasteiger partial charge in [0.2, 0.25) is 0 Å². The molecule has 2 rings (SSSR count). The Morgan fingerprint density at radius 2 is 1.74 bits per heavy atom. The first kappa shape index (κ1) is 14.5. The highest BCUT2D eigenvalue weighted by Gasteiger charge is 2.14. The van der Waals surface area contributed by atoms with E-state index < -0.39 is 0 Å². The quantitative estimate of drug-likeness (QED) is 0.639. The maximum absolute atomic E-state index is 6.11. The molecule has 19 heavy (non-hydrogen) atoms. The maximum Gasteiger partial charge on any atom is 0.140 e. The SMILES string of the molecule is ClCC[C@@H](Oc1cc(Cl)ccc1Cl)c1ccccc1. The molecular formula is C15H13Cl3O. The van der Waals surface area contributed by atoms with Crippen LogP contribution in [0.5, 0.6) is 5.75 Å². The van der Waals surface area contributed by atoms with Gasteiger partial charge in [-0.1, -0.05) is 53.5 Å². The van der Waals surface area contributed by atoms with E-state index in [2.05, 4.69) is 0 Å². The van der Waals surface area contributed by atoms with Gasteiger partial charge in [-0.15, -0.1) is 11.6 Å². The van der Waals surface area contributed by atoms with E-state index in [9.17, 15) is 0 Å². The zero-order chi connectivity index (χ0) is 13.7. The second-order valence-corrected chi connectivity index (χ2v) is 5.29. The van der Waals surface area contributed by atoms with E-state index >= 15 is 0 Å². The van der Waals surface area contributed by atoms with Gasteiger partial charge in [0.1, 0.15) is 11.9 Å². The number of rotatable bonds is 5. The number of hydrogen-bond acceptors (Lipinski definition) is 1. The minimum atomic E-state index is -0.130. The van der Waals surface area contributed by atoms with Crippen LogP contribution in [0.2, 0.25) is 10.0 Å². The van der Waals surface area contributed by atoms with Crippen LogP contribution in [-0.2, 0) is 0 Å². The Bertz CT molecular complexity index is 528. The molecule has 2 aromatic rings. The summed E-state index contributed by atoms with van der Waals surface area (Å²) in [6, 6.07) is 15.1. The zero-order valence-corrected chi connectivity index (χ0v) is 12.4. The summed E-state index contributed by atoms with van der Waals surface area (Å²) in [7, 11) is 0. The Labute approximate surface area is 128 Å². The third-order valence-corrected chi connectivity index (χ3v) is 3.47. The van der Waals surface area contributed by atoms with Gasteiger partial charge < -0.3 is 4.74 Å². The molecule has 0 aliphatic heterocycles. The molecule has 0 heterocycles. The topological polar surface area (TPSA) is 9.23 Å². The van der Waals surface area contributed by atoms with Gasteiger partial charge in [0.15, 0.2) is 0 Å². The van der Waals surface area contributed by atoms with Crippen molar-refractivity contribution in [3.05, 3.63) is 64.1 Å². The van der Waals surface area contributed by atoms with Crippen molar-refractivity contribution in [2.24, 2.45) is 0 Å². The van der Waals surface area contributed by atoms with Gasteiger partial charge in [0.25, 0.3) is 0 Å². The highest BCUT2D eigenvalue weighted by Crippen LogP contribution is 2.32. The molecule has 0 unspecified atom stereocenters. The smallest absolute Gasteiger partial charge is 0.140 e. The summed E-state index contributed by atoms with van der Waals surface area (Å²) >= 11 is 17.9. The first-order valence-electron chi connectivity index (χ1n) is 5.93. The van der Waals surface area contributed by atoms with Gasteiger partial charge in [-0.2, -0.15) is 0 Å². The summed E-state index contributed by atoms with van der Waals surface area (Å²) in [5, 5.41) is 1.14. The average molecular weight is 316 g/mol. The minimum Gasteiger partial charge on any atom is -0.484 e.